The molecule has 0 radical (unpaired) electrons. The van der Waals surface area contributed by atoms with Gasteiger partial charge in [0.15, 0.2) is 5.82 Å². The van der Waals surface area contributed by atoms with E-state index in [2.05, 4.69) is 9.97 Å². The number of aromatic nitrogens is 2. The van der Waals surface area contributed by atoms with Crippen molar-refractivity contribution in [1.82, 2.24) is 9.97 Å². The molecule has 134 valence electrons. The Bertz CT molecular complexity index is 1160. The molecule has 0 amide bonds. The number of anilines is 1. The number of methoxy groups -OCH3 is 1. The number of carbonyl (C=O) groups is 1. The summed E-state index contributed by atoms with van der Waals surface area (Å²) in [5.41, 5.74) is 8.49. The molecule has 2 heterocycles. The normalized spacial score (nSPS) is 10.9. The number of phenols is 1. The minimum Gasteiger partial charge on any atom is -0.507 e. The van der Waals surface area contributed by atoms with Gasteiger partial charge in [-0.25, -0.2) is 14.8 Å². The van der Waals surface area contributed by atoms with Gasteiger partial charge in [-0.2, -0.15) is 0 Å². The number of esters is 1. The van der Waals surface area contributed by atoms with Gasteiger partial charge >= 0.3 is 5.97 Å². The quantitative estimate of drug-likeness (QED) is 0.522. The highest BCUT2D eigenvalue weighted by molar-refractivity contribution is 7.21. The summed E-state index contributed by atoms with van der Waals surface area (Å²) in [6, 6.07) is 16.4. The number of para-hydroxylation sites is 1. The van der Waals surface area contributed by atoms with E-state index in [1.807, 2.05) is 30.3 Å². The molecule has 27 heavy (non-hydrogen) atoms. The third-order valence-electron chi connectivity index (χ3n) is 4.15. The fourth-order valence-electron chi connectivity index (χ4n) is 2.85. The van der Waals surface area contributed by atoms with Crippen molar-refractivity contribution in [3.63, 3.8) is 0 Å². The summed E-state index contributed by atoms with van der Waals surface area (Å²) in [4.78, 5) is 22.1. The number of aromatic hydroxyl groups is 1. The van der Waals surface area contributed by atoms with Gasteiger partial charge in [-0.15, -0.1) is 11.3 Å². The number of hydrogen-bond acceptors (Lipinski definition) is 7. The average Bonchev–Trinajstić information content (AvgIpc) is 3.04. The molecule has 2 aromatic heterocycles. The lowest BCUT2D eigenvalue weighted by molar-refractivity contribution is 0.0607. The van der Waals surface area contributed by atoms with Crippen LogP contribution in [0.2, 0.25) is 0 Å². The lowest BCUT2D eigenvalue weighted by atomic mass is 10.1. The largest absolute Gasteiger partial charge is 0.507 e. The molecule has 0 atom stereocenters. The van der Waals surface area contributed by atoms with Crippen LogP contribution >= 0.6 is 11.3 Å². The molecule has 0 saturated carbocycles. The van der Waals surface area contributed by atoms with E-state index in [4.69, 9.17) is 10.5 Å². The van der Waals surface area contributed by atoms with Crippen LogP contribution in [-0.2, 0) is 4.74 Å². The van der Waals surface area contributed by atoms with Crippen LogP contribution in [0.3, 0.4) is 0 Å². The van der Waals surface area contributed by atoms with Crippen molar-refractivity contribution >= 4 is 33.2 Å². The Morgan fingerprint density at radius 1 is 1.07 bits per heavy atom. The summed E-state index contributed by atoms with van der Waals surface area (Å²) >= 11 is 1.15. The maximum atomic E-state index is 12.1. The molecule has 0 aliphatic rings. The van der Waals surface area contributed by atoms with Gasteiger partial charge in [-0.05, 0) is 12.1 Å². The van der Waals surface area contributed by atoms with Crippen LogP contribution < -0.4 is 5.73 Å². The first-order valence-corrected chi connectivity index (χ1v) is 8.94. The number of nitrogens with two attached hydrogens (primary N) is 1. The molecule has 3 N–H and O–H groups in total. The second-order valence-corrected chi connectivity index (χ2v) is 6.79. The maximum absolute atomic E-state index is 12.1. The van der Waals surface area contributed by atoms with Crippen LogP contribution in [0.4, 0.5) is 5.69 Å². The zero-order valence-corrected chi connectivity index (χ0v) is 15.2. The molecular weight excluding hydrogens is 362 g/mol. The molecule has 0 aliphatic heterocycles. The number of carbonyl (C=O) groups excluding carboxylic acids is 1. The summed E-state index contributed by atoms with van der Waals surface area (Å²) in [5.74, 6) is -0.0793. The van der Waals surface area contributed by atoms with Crippen LogP contribution in [0.5, 0.6) is 5.75 Å². The Balaban J connectivity index is 2.07. The number of fused-ring (bicyclic) bond motifs is 1. The molecule has 0 bridgehead atoms. The Morgan fingerprint density at radius 2 is 1.78 bits per heavy atom. The molecular formula is C20H15N3O3S. The predicted molar refractivity (Wildman–Crippen MR) is 106 cm³/mol. The smallest absolute Gasteiger partial charge is 0.350 e. The molecule has 4 aromatic rings. The van der Waals surface area contributed by atoms with Gasteiger partial charge in [0, 0.05) is 5.56 Å². The van der Waals surface area contributed by atoms with Crippen molar-refractivity contribution in [3.05, 3.63) is 59.5 Å². The molecule has 0 unspecified atom stereocenters. The number of nitrogen functional groups attached to an aromatic ring is 1. The molecule has 2 aromatic carbocycles. The lowest BCUT2D eigenvalue weighted by Crippen LogP contribution is -2.02. The number of hydrogen-bond donors (Lipinski definition) is 2. The van der Waals surface area contributed by atoms with Crippen molar-refractivity contribution in [2.45, 2.75) is 0 Å². The molecule has 0 aliphatic carbocycles. The van der Waals surface area contributed by atoms with Crippen molar-refractivity contribution in [2.24, 2.45) is 0 Å². The minimum atomic E-state index is -0.515. The average molecular weight is 377 g/mol. The first kappa shape index (κ1) is 17.0. The summed E-state index contributed by atoms with van der Waals surface area (Å²) < 4.78 is 4.83. The maximum Gasteiger partial charge on any atom is 0.350 e. The minimum absolute atomic E-state index is 0.0774. The van der Waals surface area contributed by atoms with Crippen LogP contribution in [0, 0.1) is 0 Å². The number of phenolic OH excluding ortho intramolecular Hbond substituents is 1. The van der Waals surface area contributed by atoms with Gasteiger partial charge in [-0.1, -0.05) is 42.5 Å². The number of thiophene rings is 1. The third kappa shape index (κ3) is 2.88. The molecule has 4 rings (SSSR count). The van der Waals surface area contributed by atoms with E-state index < -0.39 is 5.97 Å². The van der Waals surface area contributed by atoms with Crippen LogP contribution in [0.1, 0.15) is 9.67 Å². The predicted octanol–water partition coefficient (Wildman–Crippen LogP) is 4.10. The van der Waals surface area contributed by atoms with Crippen molar-refractivity contribution in [3.8, 4) is 28.4 Å². The number of ether oxygens (including phenoxy) is 1. The Hall–Kier alpha value is -3.45. The van der Waals surface area contributed by atoms with Gasteiger partial charge in [0.25, 0.3) is 0 Å². The summed E-state index contributed by atoms with van der Waals surface area (Å²) in [5, 5.41) is 10.8. The molecule has 6 nitrogen and oxygen atoms in total. The fourth-order valence-corrected chi connectivity index (χ4v) is 3.87. The lowest BCUT2D eigenvalue weighted by Gasteiger charge is -2.08. The third-order valence-corrected chi connectivity index (χ3v) is 5.23. The van der Waals surface area contributed by atoms with Gasteiger partial charge in [0.1, 0.15) is 15.5 Å². The molecule has 7 heteroatoms. The van der Waals surface area contributed by atoms with Gasteiger partial charge < -0.3 is 15.6 Å². The Morgan fingerprint density at radius 3 is 2.48 bits per heavy atom. The van der Waals surface area contributed by atoms with Gasteiger partial charge in [-0.3, -0.25) is 0 Å². The van der Waals surface area contributed by atoms with Crippen molar-refractivity contribution < 1.29 is 14.6 Å². The zero-order chi connectivity index (χ0) is 19.0. The topological polar surface area (TPSA) is 98.3 Å². The van der Waals surface area contributed by atoms with E-state index in [0.717, 1.165) is 16.9 Å². The summed E-state index contributed by atoms with van der Waals surface area (Å²) in [6.07, 6.45) is 0. The number of rotatable bonds is 3. The van der Waals surface area contributed by atoms with E-state index in [0.29, 0.717) is 33.0 Å². The standard InChI is InChI=1S/C20H15N3O3S/c1-26-20(25)17-15(21)14-16(11-7-3-2-4-8-11)22-18(23-19(14)27-17)12-9-5-6-10-13(12)24/h2-10,24H,21H2,1H3. The first-order valence-electron chi connectivity index (χ1n) is 8.12. The number of benzene rings is 2. The molecule has 0 spiro atoms. The molecule has 0 fully saturated rings. The first-order chi connectivity index (χ1) is 13.1. The van der Waals surface area contributed by atoms with E-state index >= 15 is 0 Å². The summed E-state index contributed by atoms with van der Waals surface area (Å²) in [6.45, 7) is 0. The monoisotopic (exact) mass is 377 g/mol. The Labute approximate surface area is 158 Å². The van der Waals surface area contributed by atoms with Gasteiger partial charge in [0.05, 0.1) is 29.4 Å². The highest BCUT2D eigenvalue weighted by Crippen LogP contribution is 2.40. The molecule has 0 saturated heterocycles. The van der Waals surface area contributed by atoms with Crippen LogP contribution in [-0.4, -0.2) is 28.2 Å². The van der Waals surface area contributed by atoms with Crippen LogP contribution in [0.25, 0.3) is 32.9 Å². The second kappa shape index (κ2) is 6.69. The van der Waals surface area contributed by atoms with Crippen molar-refractivity contribution in [2.75, 3.05) is 12.8 Å². The fraction of sp³-hybridized carbons (Fsp3) is 0.0500. The second-order valence-electron chi connectivity index (χ2n) is 5.80. The van der Waals surface area contributed by atoms with E-state index in [-0.39, 0.29) is 10.6 Å². The SMILES string of the molecule is COC(=O)c1sc2nc(-c3ccccc3O)nc(-c3ccccc3)c2c1N. The zero-order valence-electron chi connectivity index (χ0n) is 14.3. The highest BCUT2D eigenvalue weighted by Gasteiger charge is 2.23. The van der Waals surface area contributed by atoms with E-state index in [1.54, 1.807) is 24.3 Å². The summed E-state index contributed by atoms with van der Waals surface area (Å²) in [7, 11) is 1.31. The van der Waals surface area contributed by atoms with Gasteiger partial charge in [0.2, 0.25) is 0 Å². The highest BCUT2D eigenvalue weighted by atomic mass is 32.1. The van der Waals surface area contributed by atoms with Crippen LogP contribution in [0.15, 0.2) is 54.6 Å². The number of nitrogens with zero attached hydrogens (tertiary/aromatic N) is 2. The van der Waals surface area contributed by atoms with Crippen molar-refractivity contribution in [1.29, 1.82) is 0 Å². The van der Waals surface area contributed by atoms with E-state index in [1.165, 1.54) is 7.11 Å². The van der Waals surface area contributed by atoms with E-state index in [9.17, 15) is 9.90 Å². The Kier molecular flexibility index (Phi) is 4.21.